The van der Waals surface area contributed by atoms with E-state index in [4.69, 9.17) is 5.73 Å². The first-order chi connectivity index (χ1) is 8.50. The highest BCUT2D eigenvalue weighted by Gasteiger charge is 2.22. The van der Waals surface area contributed by atoms with E-state index in [0.717, 1.165) is 11.1 Å². The van der Waals surface area contributed by atoms with Crippen LogP contribution in [0.5, 0.6) is 0 Å². The Labute approximate surface area is 104 Å². The molecule has 18 heavy (non-hydrogen) atoms. The van der Waals surface area contributed by atoms with E-state index in [9.17, 15) is 10.1 Å². The highest BCUT2D eigenvalue weighted by Crippen LogP contribution is 2.25. The molecule has 1 aromatic heterocycles. The molecular formula is C12H14N4O2. The van der Waals surface area contributed by atoms with E-state index >= 15 is 0 Å². The lowest BCUT2D eigenvalue weighted by Crippen LogP contribution is -2.07. The largest absolute Gasteiger partial charge is 0.378 e. The second-order valence-corrected chi connectivity index (χ2v) is 4.16. The fourth-order valence-electron chi connectivity index (χ4n) is 1.88. The van der Waals surface area contributed by atoms with Gasteiger partial charge in [0.2, 0.25) is 5.82 Å². The van der Waals surface area contributed by atoms with Crippen molar-refractivity contribution >= 4 is 11.5 Å². The average molecular weight is 246 g/mol. The average Bonchev–Trinajstić information content (AvgIpc) is 2.57. The van der Waals surface area contributed by atoms with Crippen LogP contribution in [-0.2, 0) is 6.54 Å². The molecule has 6 heteroatoms. The number of anilines is 1. The molecule has 0 saturated heterocycles. The Morgan fingerprint density at radius 2 is 2.06 bits per heavy atom. The van der Waals surface area contributed by atoms with Crippen molar-refractivity contribution < 1.29 is 4.92 Å². The summed E-state index contributed by atoms with van der Waals surface area (Å²) in [6.45, 7) is 4.01. The molecule has 0 unspecified atom stereocenters. The normalized spacial score (nSPS) is 10.6. The maximum Gasteiger partial charge on any atom is 0.333 e. The molecule has 94 valence electrons. The molecule has 1 aromatic carbocycles. The van der Waals surface area contributed by atoms with Gasteiger partial charge >= 0.3 is 5.69 Å². The molecule has 2 aromatic rings. The lowest BCUT2D eigenvalue weighted by molar-refractivity contribution is -0.384. The zero-order valence-electron chi connectivity index (χ0n) is 10.3. The van der Waals surface area contributed by atoms with E-state index in [2.05, 4.69) is 5.10 Å². The van der Waals surface area contributed by atoms with Crippen LogP contribution < -0.4 is 5.73 Å². The third-order valence-corrected chi connectivity index (χ3v) is 2.90. The van der Waals surface area contributed by atoms with Gasteiger partial charge in [-0.2, -0.15) is 5.10 Å². The Morgan fingerprint density at radius 3 is 2.61 bits per heavy atom. The quantitative estimate of drug-likeness (QED) is 0.663. The molecular weight excluding hydrogens is 232 g/mol. The van der Waals surface area contributed by atoms with Crippen molar-refractivity contribution in [3.63, 3.8) is 0 Å². The number of hydrogen-bond donors (Lipinski definition) is 1. The van der Waals surface area contributed by atoms with E-state index in [-0.39, 0.29) is 11.5 Å². The maximum atomic E-state index is 10.8. The van der Waals surface area contributed by atoms with Gasteiger partial charge < -0.3 is 5.73 Å². The minimum Gasteiger partial charge on any atom is -0.378 e. The topological polar surface area (TPSA) is 87.0 Å². The van der Waals surface area contributed by atoms with Gasteiger partial charge in [0.15, 0.2) is 0 Å². The fraction of sp³-hybridized carbons (Fsp3) is 0.250. The smallest absolute Gasteiger partial charge is 0.333 e. The van der Waals surface area contributed by atoms with Crippen LogP contribution in [0.1, 0.15) is 16.8 Å². The monoisotopic (exact) mass is 246 g/mol. The molecule has 0 aliphatic carbocycles. The minimum atomic E-state index is -0.494. The highest BCUT2D eigenvalue weighted by atomic mass is 16.6. The second-order valence-electron chi connectivity index (χ2n) is 4.16. The number of hydrogen-bond acceptors (Lipinski definition) is 4. The van der Waals surface area contributed by atoms with Gasteiger partial charge in [0.25, 0.3) is 0 Å². The molecule has 1 heterocycles. The van der Waals surface area contributed by atoms with Crippen molar-refractivity contribution in [3.05, 3.63) is 51.2 Å². The summed E-state index contributed by atoms with van der Waals surface area (Å²) < 4.78 is 1.47. The lowest BCUT2D eigenvalue weighted by Gasteiger charge is -2.06. The third kappa shape index (κ3) is 2.04. The van der Waals surface area contributed by atoms with Gasteiger partial charge in [-0.3, -0.25) is 10.1 Å². The predicted molar refractivity (Wildman–Crippen MR) is 68.3 cm³/mol. The molecule has 0 aliphatic rings. The molecule has 2 rings (SSSR count). The summed E-state index contributed by atoms with van der Waals surface area (Å²) in [5, 5.41) is 15.0. The SMILES string of the molecule is Cc1ccccc1Cn1nc(C)c([N+](=O)[O-])c1N. The summed E-state index contributed by atoms with van der Waals surface area (Å²) in [5.74, 6) is 0.0979. The lowest BCUT2D eigenvalue weighted by atomic mass is 10.1. The van der Waals surface area contributed by atoms with E-state index in [1.165, 1.54) is 4.68 Å². The number of rotatable bonds is 3. The zero-order valence-corrected chi connectivity index (χ0v) is 10.3. The summed E-state index contributed by atoms with van der Waals surface area (Å²) in [6, 6.07) is 7.80. The van der Waals surface area contributed by atoms with Crippen LogP contribution in [0.2, 0.25) is 0 Å². The fourth-order valence-corrected chi connectivity index (χ4v) is 1.88. The Morgan fingerprint density at radius 1 is 1.39 bits per heavy atom. The van der Waals surface area contributed by atoms with Gasteiger partial charge in [0, 0.05) is 0 Å². The Bertz CT molecular complexity index is 604. The van der Waals surface area contributed by atoms with E-state index in [0.29, 0.717) is 12.2 Å². The molecule has 0 atom stereocenters. The number of nitrogens with two attached hydrogens (primary N) is 1. The van der Waals surface area contributed by atoms with Gasteiger partial charge in [-0.15, -0.1) is 0 Å². The number of aryl methyl sites for hydroxylation is 2. The summed E-state index contributed by atoms with van der Waals surface area (Å²) in [5.41, 5.74) is 8.14. The first-order valence-corrected chi connectivity index (χ1v) is 5.52. The number of nitrogen functional groups attached to an aromatic ring is 1. The number of aromatic nitrogens is 2. The molecule has 0 radical (unpaired) electrons. The van der Waals surface area contributed by atoms with E-state index < -0.39 is 4.92 Å². The number of benzene rings is 1. The standard InChI is InChI=1S/C12H14N4O2/c1-8-5-3-4-6-10(8)7-15-12(13)11(16(17)18)9(2)14-15/h3-6H,7,13H2,1-2H3. The van der Waals surface area contributed by atoms with Gasteiger partial charge in [-0.05, 0) is 25.0 Å². The van der Waals surface area contributed by atoms with Crippen LogP contribution in [-0.4, -0.2) is 14.7 Å². The Kier molecular flexibility index (Phi) is 3.01. The third-order valence-electron chi connectivity index (χ3n) is 2.90. The first kappa shape index (κ1) is 12.1. The minimum absolute atomic E-state index is 0.0979. The van der Waals surface area contributed by atoms with Crippen molar-refractivity contribution in [1.82, 2.24) is 9.78 Å². The maximum absolute atomic E-state index is 10.8. The Hall–Kier alpha value is -2.37. The molecule has 0 aliphatic heterocycles. The molecule has 0 fully saturated rings. The number of nitrogens with zero attached hydrogens (tertiary/aromatic N) is 3. The van der Waals surface area contributed by atoms with E-state index in [1.54, 1.807) is 6.92 Å². The van der Waals surface area contributed by atoms with E-state index in [1.807, 2.05) is 31.2 Å². The van der Waals surface area contributed by atoms with Crippen molar-refractivity contribution in [3.8, 4) is 0 Å². The molecule has 0 saturated carbocycles. The molecule has 0 amide bonds. The summed E-state index contributed by atoms with van der Waals surface area (Å²) in [4.78, 5) is 10.4. The van der Waals surface area contributed by atoms with Gasteiger partial charge in [-0.25, -0.2) is 4.68 Å². The summed E-state index contributed by atoms with van der Waals surface area (Å²) in [7, 11) is 0. The van der Waals surface area contributed by atoms with Crippen LogP contribution in [0.25, 0.3) is 0 Å². The van der Waals surface area contributed by atoms with Gasteiger partial charge in [0.1, 0.15) is 5.69 Å². The molecule has 0 bridgehead atoms. The summed E-state index contributed by atoms with van der Waals surface area (Å²) in [6.07, 6.45) is 0. The van der Waals surface area contributed by atoms with Crippen molar-refractivity contribution in [1.29, 1.82) is 0 Å². The predicted octanol–water partition coefficient (Wildman–Crippen LogP) is 2.04. The van der Waals surface area contributed by atoms with Crippen molar-refractivity contribution in [2.75, 3.05) is 5.73 Å². The first-order valence-electron chi connectivity index (χ1n) is 5.52. The van der Waals surface area contributed by atoms with Gasteiger partial charge in [0.05, 0.1) is 11.5 Å². The van der Waals surface area contributed by atoms with Crippen LogP contribution in [0, 0.1) is 24.0 Å². The highest BCUT2D eigenvalue weighted by molar-refractivity contribution is 5.56. The van der Waals surface area contributed by atoms with Crippen molar-refractivity contribution in [2.45, 2.75) is 20.4 Å². The molecule has 6 nitrogen and oxygen atoms in total. The summed E-state index contributed by atoms with van der Waals surface area (Å²) >= 11 is 0. The van der Waals surface area contributed by atoms with Crippen LogP contribution in [0.3, 0.4) is 0 Å². The Balaban J connectivity index is 2.39. The van der Waals surface area contributed by atoms with Crippen LogP contribution >= 0.6 is 0 Å². The van der Waals surface area contributed by atoms with Crippen LogP contribution in [0.15, 0.2) is 24.3 Å². The zero-order chi connectivity index (χ0) is 13.3. The number of nitro groups is 1. The van der Waals surface area contributed by atoms with Crippen LogP contribution in [0.4, 0.5) is 11.5 Å². The second kappa shape index (κ2) is 4.48. The molecule has 0 spiro atoms. The van der Waals surface area contributed by atoms with Gasteiger partial charge in [-0.1, -0.05) is 24.3 Å². The molecule has 2 N–H and O–H groups in total. The van der Waals surface area contributed by atoms with Crippen molar-refractivity contribution in [2.24, 2.45) is 0 Å².